The molecule has 2 aliphatic heterocycles. The zero-order valence-corrected chi connectivity index (χ0v) is 14.8. The molecule has 0 spiro atoms. The topological polar surface area (TPSA) is 44.8 Å². The Balaban J connectivity index is 1.53. The molecule has 1 unspecified atom stereocenters. The van der Waals surface area contributed by atoms with Crippen LogP contribution in [0.4, 0.5) is 4.39 Å². The van der Waals surface area contributed by atoms with Crippen LogP contribution in [0.2, 0.25) is 0 Å². The zero-order valence-electron chi connectivity index (χ0n) is 14.8. The number of piperidine rings is 1. The lowest BCUT2D eigenvalue weighted by Gasteiger charge is -2.33. The second kappa shape index (κ2) is 9.15. The molecule has 25 heavy (non-hydrogen) atoms. The first-order valence-corrected chi connectivity index (χ1v) is 9.33. The van der Waals surface area contributed by atoms with Crippen LogP contribution in [0, 0.1) is 5.82 Å². The number of rotatable bonds is 7. The van der Waals surface area contributed by atoms with Crippen molar-refractivity contribution in [2.75, 3.05) is 45.9 Å². The van der Waals surface area contributed by atoms with Crippen LogP contribution in [0.1, 0.15) is 25.7 Å². The average molecular weight is 349 g/mol. The maximum atomic E-state index is 13.0. The highest BCUT2D eigenvalue weighted by Gasteiger charge is 2.27. The van der Waals surface area contributed by atoms with Gasteiger partial charge in [-0.2, -0.15) is 0 Å². The average Bonchev–Trinajstić information content (AvgIpc) is 3.17. The van der Waals surface area contributed by atoms with Gasteiger partial charge in [0.15, 0.2) is 6.61 Å². The van der Waals surface area contributed by atoms with Crippen molar-refractivity contribution in [3.05, 3.63) is 30.1 Å². The summed E-state index contributed by atoms with van der Waals surface area (Å²) in [6.07, 6.45) is 4.82. The molecule has 2 aliphatic rings. The highest BCUT2D eigenvalue weighted by atomic mass is 19.1. The Kier molecular flexibility index (Phi) is 6.64. The number of ether oxygens (including phenoxy) is 1. The minimum atomic E-state index is -0.307. The first-order chi connectivity index (χ1) is 12.2. The number of hydrogen-bond acceptors (Lipinski definition) is 4. The quantitative estimate of drug-likeness (QED) is 0.816. The van der Waals surface area contributed by atoms with E-state index in [1.54, 1.807) is 12.1 Å². The molecule has 1 atom stereocenters. The van der Waals surface area contributed by atoms with Crippen molar-refractivity contribution in [3.8, 4) is 5.75 Å². The lowest BCUT2D eigenvalue weighted by molar-refractivity contribution is -0.135. The first kappa shape index (κ1) is 18.1. The SMILES string of the molecule is O=C(COc1ccc(F)cc1)N(CCN1CCCCC1)C1CCNC1. The van der Waals surface area contributed by atoms with Crippen molar-refractivity contribution < 1.29 is 13.9 Å². The number of benzene rings is 1. The normalized spacial score (nSPS) is 21.2. The highest BCUT2D eigenvalue weighted by molar-refractivity contribution is 5.78. The minimum absolute atomic E-state index is 0.00212. The summed E-state index contributed by atoms with van der Waals surface area (Å²) in [5.74, 6) is 0.226. The molecule has 1 aromatic rings. The Morgan fingerprint density at radius 1 is 1.24 bits per heavy atom. The van der Waals surface area contributed by atoms with Crippen molar-refractivity contribution in [2.45, 2.75) is 31.7 Å². The molecule has 0 saturated carbocycles. The van der Waals surface area contributed by atoms with Gasteiger partial charge < -0.3 is 19.9 Å². The third kappa shape index (κ3) is 5.41. The summed E-state index contributed by atoms with van der Waals surface area (Å²) in [4.78, 5) is 17.1. The number of carbonyl (C=O) groups is 1. The summed E-state index contributed by atoms with van der Waals surface area (Å²) in [6.45, 7) is 5.76. The van der Waals surface area contributed by atoms with Gasteiger partial charge in [0.25, 0.3) is 5.91 Å². The summed E-state index contributed by atoms with van der Waals surface area (Å²) in [5.41, 5.74) is 0. The number of halogens is 1. The largest absolute Gasteiger partial charge is 0.484 e. The van der Waals surface area contributed by atoms with Crippen molar-refractivity contribution >= 4 is 5.91 Å². The molecule has 2 fully saturated rings. The minimum Gasteiger partial charge on any atom is -0.484 e. The fourth-order valence-corrected chi connectivity index (χ4v) is 3.61. The van der Waals surface area contributed by atoms with E-state index in [1.807, 2.05) is 4.90 Å². The van der Waals surface area contributed by atoms with E-state index in [2.05, 4.69) is 10.2 Å². The predicted octanol–water partition coefficient (Wildman–Crippen LogP) is 1.88. The van der Waals surface area contributed by atoms with Crippen molar-refractivity contribution in [1.82, 2.24) is 15.1 Å². The van der Waals surface area contributed by atoms with E-state index in [0.717, 1.165) is 45.7 Å². The molecule has 3 rings (SSSR count). The smallest absolute Gasteiger partial charge is 0.260 e. The molecule has 2 saturated heterocycles. The molecule has 2 heterocycles. The Morgan fingerprint density at radius 3 is 2.68 bits per heavy atom. The Hall–Kier alpha value is -1.66. The summed E-state index contributed by atoms with van der Waals surface area (Å²) in [7, 11) is 0. The molecule has 5 nitrogen and oxygen atoms in total. The number of nitrogens with zero attached hydrogens (tertiary/aromatic N) is 2. The fraction of sp³-hybridized carbons (Fsp3) is 0.632. The number of likely N-dealkylation sites (tertiary alicyclic amines) is 1. The van der Waals surface area contributed by atoms with E-state index in [0.29, 0.717) is 5.75 Å². The van der Waals surface area contributed by atoms with E-state index in [9.17, 15) is 9.18 Å². The number of hydrogen-bond donors (Lipinski definition) is 1. The van der Waals surface area contributed by atoms with E-state index in [4.69, 9.17) is 4.74 Å². The molecule has 1 amide bonds. The summed E-state index contributed by atoms with van der Waals surface area (Å²) < 4.78 is 18.5. The van der Waals surface area contributed by atoms with Gasteiger partial charge >= 0.3 is 0 Å². The Bertz CT molecular complexity index is 540. The summed E-state index contributed by atoms with van der Waals surface area (Å²) in [6, 6.07) is 6.04. The van der Waals surface area contributed by atoms with Crippen LogP contribution in [0.3, 0.4) is 0 Å². The molecule has 138 valence electrons. The van der Waals surface area contributed by atoms with Gasteiger partial charge in [0, 0.05) is 25.7 Å². The van der Waals surface area contributed by atoms with Crippen LogP contribution < -0.4 is 10.1 Å². The van der Waals surface area contributed by atoms with Crippen LogP contribution in [0.25, 0.3) is 0 Å². The lowest BCUT2D eigenvalue weighted by atomic mass is 10.1. The van der Waals surface area contributed by atoms with Crippen molar-refractivity contribution in [3.63, 3.8) is 0 Å². The standard InChI is InChI=1S/C19H28FN3O2/c20-16-4-6-18(7-5-16)25-15-19(24)23(17-8-9-21-14-17)13-12-22-10-2-1-3-11-22/h4-7,17,21H,1-3,8-15H2. The second-order valence-corrected chi connectivity index (χ2v) is 6.88. The maximum Gasteiger partial charge on any atom is 0.260 e. The molecular formula is C19H28FN3O2. The number of amides is 1. The molecular weight excluding hydrogens is 321 g/mol. The van der Waals surface area contributed by atoms with E-state index in [1.165, 1.54) is 31.4 Å². The second-order valence-electron chi connectivity index (χ2n) is 6.88. The van der Waals surface area contributed by atoms with Gasteiger partial charge in [0.1, 0.15) is 11.6 Å². The third-order valence-electron chi connectivity index (χ3n) is 5.08. The van der Waals surface area contributed by atoms with Crippen molar-refractivity contribution in [2.24, 2.45) is 0 Å². The van der Waals surface area contributed by atoms with E-state index >= 15 is 0 Å². The van der Waals surface area contributed by atoms with Gasteiger partial charge in [-0.25, -0.2) is 4.39 Å². The maximum absolute atomic E-state index is 13.0. The van der Waals surface area contributed by atoms with Gasteiger partial charge in [-0.3, -0.25) is 4.79 Å². The molecule has 1 aromatic carbocycles. The summed E-state index contributed by atoms with van der Waals surface area (Å²) >= 11 is 0. The third-order valence-corrected chi connectivity index (χ3v) is 5.08. The monoisotopic (exact) mass is 349 g/mol. The first-order valence-electron chi connectivity index (χ1n) is 9.33. The molecule has 6 heteroatoms. The van der Waals surface area contributed by atoms with Gasteiger partial charge in [-0.1, -0.05) is 6.42 Å². The summed E-state index contributed by atoms with van der Waals surface area (Å²) in [5, 5.41) is 3.34. The Morgan fingerprint density at radius 2 is 2.00 bits per heavy atom. The lowest BCUT2D eigenvalue weighted by Crippen LogP contribution is -2.48. The predicted molar refractivity (Wildman–Crippen MR) is 95.2 cm³/mol. The van der Waals surface area contributed by atoms with Gasteiger partial charge in [0.05, 0.1) is 0 Å². The zero-order chi connectivity index (χ0) is 17.5. The molecule has 0 radical (unpaired) electrons. The van der Waals surface area contributed by atoms with Crippen LogP contribution in [-0.2, 0) is 4.79 Å². The van der Waals surface area contributed by atoms with Crippen LogP contribution in [0.15, 0.2) is 24.3 Å². The van der Waals surface area contributed by atoms with E-state index in [-0.39, 0.29) is 24.4 Å². The van der Waals surface area contributed by atoms with Gasteiger partial charge in [0.2, 0.25) is 0 Å². The van der Waals surface area contributed by atoms with Crippen LogP contribution in [0.5, 0.6) is 5.75 Å². The molecule has 1 N–H and O–H groups in total. The molecule has 0 bridgehead atoms. The number of nitrogens with one attached hydrogen (secondary N) is 1. The van der Waals surface area contributed by atoms with Gasteiger partial charge in [-0.15, -0.1) is 0 Å². The molecule has 0 aromatic heterocycles. The fourth-order valence-electron chi connectivity index (χ4n) is 3.61. The number of carbonyl (C=O) groups excluding carboxylic acids is 1. The Labute approximate surface area is 149 Å². The molecule has 0 aliphatic carbocycles. The van der Waals surface area contributed by atoms with Crippen LogP contribution in [-0.4, -0.2) is 67.6 Å². The van der Waals surface area contributed by atoms with Crippen LogP contribution >= 0.6 is 0 Å². The van der Waals surface area contributed by atoms with Crippen molar-refractivity contribution in [1.29, 1.82) is 0 Å². The highest BCUT2D eigenvalue weighted by Crippen LogP contribution is 2.14. The van der Waals surface area contributed by atoms with Gasteiger partial charge in [-0.05, 0) is 63.2 Å². The van der Waals surface area contributed by atoms with E-state index < -0.39 is 0 Å².